The minimum Gasteiger partial charge on any atom is -0.455 e. The van der Waals surface area contributed by atoms with Gasteiger partial charge < -0.3 is 10.1 Å². The fourth-order valence-corrected chi connectivity index (χ4v) is 2.21. The molecule has 0 aliphatic rings. The van der Waals surface area contributed by atoms with Crippen molar-refractivity contribution in [1.82, 2.24) is 0 Å². The quantitative estimate of drug-likeness (QED) is 0.846. The van der Waals surface area contributed by atoms with Gasteiger partial charge in [0.05, 0.1) is 6.42 Å². The number of nitrogens with one attached hydrogen (secondary N) is 1. The van der Waals surface area contributed by atoms with Crippen LogP contribution >= 0.6 is 23.2 Å². The van der Waals surface area contributed by atoms with E-state index >= 15 is 0 Å². The standard InChI is InChI=1S/C16H13Cl2NO3/c17-12-7-6-11(14(18)9-12)8-16(21)22-10-15(20)19-13-4-2-1-3-5-13/h1-7,9H,8,10H2,(H,19,20). The lowest BCUT2D eigenvalue weighted by Gasteiger charge is -2.07. The summed E-state index contributed by atoms with van der Waals surface area (Å²) in [5.74, 6) is -0.936. The van der Waals surface area contributed by atoms with E-state index in [2.05, 4.69) is 5.32 Å². The van der Waals surface area contributed by atoms with Crippen molar-refractivity contribution >= 4 is 40.8 Å². The van der Waals surface area contributed by atoms with Gasteiger partial charge in [0.2, 0.25) is 0 Å². The molecule has 1 N–H and O–H groups in total. The van der Waals surface area contributed by atoms with Gasteiger partial charge in [-0.1, -0.05) is 47.5 Å². The fourth-order valence-electron chi connectivity index (χ4n) is 1.74. The maximum Gasteiger partial charge on any atom is 0.310 e. The van der Waals surface area contributed by atoms with Gasteiger partial charge in [-0.05, 0) is 29.8 Å². The predicted molar refractivity (Wildman–Crippen MR) is 86.2 cm³/mol. The zero-order valence-corrected chi connectivity index (χ0v) is 13.0. The minimum atomic E-state index is -0.535. The highest BCUT2D eigenvalue weighted by Gasteiger charge is 2.11. The number of hydrogen-bond acceptors (Lipinski definition) is 3. The van der Waals surface area contributed by atoms with Crippen molar-refractivity contribution in [2.45, 2.75) is 6.42 Å². The van der Waals surface area contributed by atoms with E-state index in [0.717, 1.165) is 0 Å². The molecule has 0 bridgehead atoms. The number of rotatable bonds is 5. The summed E-state index contributed by atoms with van der Waals surface area (Å²) in [7, 11) is 0. The van der Waals surface area contributed by atoms with Gasteiger partial charge in [-0.3, -0.25) is 9.59 Å². The van der Waals surface area contributed by atoms with E-state index in [9.17, 15) is 9.59 Å². The molecule has 0 saturated carbocycles. The summed E-state index contributed by atoms with van der Waals surface area (Å²) in [6.45, 7) is -0.348. The molecule has 2 rings (SSSR count). The smallest absolute Gasteiger partial charge is 0.310 e. The molecule has 22 heavy (non-hydrogen) atoms. The summed E-state index contributed by atoms with van der Waals surface area (Å²) in [5, 5.41) is 3.50. The fraction of sp³-hybridized carbons (Fsp3) is 0.125. The van der Waals surface area contributed by atoms with E-state index < -0.39 is 11.9 Å². The highest BCUT2D eigenvalue weighted by Crippen LogP contribution is 2.21. The van der Waals surface area contributed by atoms with Crippen LogP contribution in [-0.4, -0.2) is 18.5 Å². The van der Waals surface area contributed by atoms with Gasteiger partial charge >= 0.3 is 5.97 Å². The molecule has 4 nitrogen and oxygen atoms in total. The first-order valence-electron chi connectivity index (χ1n) is 6.49. The number of amides is 1. The van der Waals surface area contributed by atoms with Crippen LogP contribution in [0.2, 0.25) is 10.0 Å². The van der Waals surface area contributed by atoms with Crippen molar-refractivity contribution < 1.29 is 14.3 Å². The van der Waals surface area contributed by atoms with Crippen LogP contribution in [-0.2, 0) is 20.7 Å². The lowest BCUT2D eigenvalue weighted by molar-refractivity contribution is -0.146. The average Bonchev–Trinajstić information content (AvgIpc) is 2.49. The lowest BCUT2D eigenvalue weighted by atomic mass is 10.1. The summed E-state index contributed by atoms with van der Waals surface area (Å²) in [5.41, 5.74) is 1.24. The summed E-state index contributed by atoms with van der Waals surface area (Å²) < 4.78 is 4.92. The van der Waals surface area contributed by atoms with E-state index in [1.165, 1.54) is 0 Å². The number of anilines is 1. The van der Waals surface area contributed by atoms with Crippen LogP contribution in [0.1, 0.15) is 5.56 Å². The molecule has 0 fully saturated rings. The topological polar surface area (TPSA) is 55.4 Å². The zero-order valence-electron chi connectivity index (χ0n) is 11.5. The van der Waals surface area contributed by atoms with Crippen LogP contribution in [0.4, 0.5) is 5.69 Å². The first-order valence-corrected chi connectivity index (χ1v) is 7.24. The molecule has 0 aliphatic carbocycles. The maximum atomic E-state index is 11.7. The molecule has 114 valence electrons. The molecule has 6 heteroatoms. The first kappa shape index (κ1) is 16.3. The molecule has 2 aromatic carbocycles. The van der Waals surface area contributed by atoms with E-state index in [-0.39, 0.29) is 13.0 Å². The van der Waals surface area contributed by atoms with Crippen molar-refractivity contribution in [1.29, 1.82) is 0 Å². The van der Waals surface area contributed by atoms with Gasteiger partial charge in [-0.15, -0.1) is 0 Å². The van der Waals surface area contributed by atoms with E-state index in [0.29, 0.717) is 21.3 Å². The van der Waals surface area contributed by atoms with Gasteiger partial charge in [0.25, 0.3) is 5.91 Å². The second kappa shape index (κ2) is 7.82. The molecule has 0 heterocycles. The van der Waals surface area contributed by atoms with E-state index in [1.807, 2.05) is 6.07 Å². The Bertz CT molecular complexity index is 674. The number of carbonyl (C=O) groups is 2. The van der Waals surface area contributed by atoms with Crippen LogP contribution in [0.15, 0.2) is 48.5 Å². The first-order chi connectivity index (χ1) is 10.5. The van der Waals surface area contributed by atoms with Crippen LogP contribution in [0.25, 0.3) is 0 Å². The van der Waals surface area contributed by atoms with Crippen molar-refractivity contribution in [2.24, 2.45) is 0 Å². The van der Waals surface area contributed by atoms with Gasteiger partial charge in [0.1, 0.15) is 0 Å². The second-order valence-corrected chi connectivity index (χ2v) is 5.33. The largest absolute Gasteiger partial charge is 0.455 e. The highest BCUT2D eigenvalue weighted by molar-refractivity contribution is 6.35. The number of hydrogen-bond donors (Lipinski definition) is 1. The van der Waals surface area contributed by atoms with Crippen molar-refractivity contribution in [2.75, 3.05) is 11.9 Å². The molecular formula is C16H13Cl2NO3. The Kier molecular flexibility index (Phi) is 5.81. The SMILES string of the molecule is O=C(COC(=O)Cc1ccc(Cl)cc1Cl)Nc1ccccc1. The van der Waals surface area contributed by atoms with Crippen LogP contribution in [0.3, 0.4) is 0 Å². The Morgan fingerprint density at radius 2 is 1.77 bits per heavy atom. The molecule has 0 radical (unpaired) electrons. The average molecular weight is 338 g/mol. The number of carbonyl (C=O) groups excluding carboxylic acids is 2. The molecule has 2 aromatic rings. The summed E-state index contributed by atoms with van der Waals surface area (Å²) in [6.07, 6.45) is -0.0192. The van der Waals surface area contributed by atoms with Gasteiger partial charge in [-0.25, -0.2) is 0 Å². The number of esters is 1. The lowest BCUT2D eigenvalue weighted by Crippen LogP contribution is -2.21. The Morgan fingerprint density at radius 1 is 1.05 bits per heavy atom. The van der Waals surface area contributed by atoms with Crippen molar-refractivity contribution in [3.05, 3.63) is 64.1 Å². The predicted octanol–water partition coefficient (Wildman–Crippen LogP) is 3.72. The molecular weight excluding hydrogens is 325 g/mol. The molecule has 0 saturated heterocycles. The minimum absolute atomic E-state index is 0.0192. The van der Waals surface area contributed by atoms with Crippen LogP contribution < -0.4 is 5.32 Å². The molecule has 0 aromatic heterocycles. The molecule has 0 spiro atoms. The molecule has 1 amide bonds. The van der Waals surface area contributed by atoms with Crippen LogP contribution in [0.5, 0.6) is 0 Å². The van der Waals surface area contributed by atoms with Crippen LogP contribution in [0, 0.1) is 0 Å². The summed E-state index contributed by atoms with van der Waals surface area (Å²) >= 11 is 11.8. The summed E-state index contributed by atoms with van der Waals surface area (Å²) in [6, 6.07) is 13.8. The number of ether oxygens (including phenoxy) is 1. The Hall–Kier alpha value is -2.04. The van der Waals surface area contributed by atoms with E-state index in [4.69, 9.17) is 27.9 Å². The van der Waals surface area contributed by atoms with Gasteiger partial charge in [-0.2, -0.15) is 0 Å². The van der Waals surface area contributed by atoms with Gasteiger partial charge in [0, 0.05) is 15.7 Å². The van der Waals surface area contributed by atoms with E-state index in [1.54, 1.807) is 42.5 Å². The molecule has 0 atom stereocenters. The number of para-hydroxylation sites is 1. The zero-order chi connectivity index (χ0) is 15.9. The van der Waals surface area contributed by atoms with Crippen molar-refractivity contribution in [3.8, 4) is 0 Å². The third-order valence-corrected chi connectivity index (χ3v) is 3.36. The molecule has 0 aliphatic heterocycles. The number of benzene rings is 2. The second-order valence-electron chi connectivity index (χ2n) is 4.49. The molecule has 0 unspecified atom stereocenters. The monoisotopic (exact) mass is 337 g/mol. The third kappa shape index (κ3) is 5.06. The Balaban J connectivity index is 1.81. The van der Waals surface area contributed by atoms with Crippen molar-refractivity contribution in [3.63, 3.8) is 0 Å². The summed E-state index contributed by atoms with van der Waals surface area (Å²) in [4.78, 5) is 23.4. The Morgan fingerprint density at radius 3 is 2.45 bits per heavy atom. The third-order valence-electron chi connectivity index (χ3n) is 2.77. The Labute approximate surface area is 138 Å². The number of halogens is 2. The highest BCUT2D eigenvalue weighted by atomic mass is 35.5. The maximum absolute atomic E-state index is 11.7. The normalized spacial score (nSPS) is 10.1. The van der Waals surface area contributed by atoms with Gasteiger partial charge in [0.15, 0.2) is 6.61 Å².